The first-order chi connectivity index (χ1) is 9.55. The predicted octanol–water partition coefficient (Wildman–Crippen LogP) is 1.36. The van der Waals surface area contributed by atoms with Crippen LogP contribution in [0.2, 0.25) is 0 Å². The predicted molar refractivity (Wildman–Crippen MR) is 75.7 cm³/mol. The minimum absolute atomic E-state index is 0.0669. The molecule has 0 saturated carbocycles. The number of nitrogens with two attached hydrogens (primary N) is 1. The zero-order valence-corrected chi connectivity index (χ0v) is 11.6. The molecule has 0 radical (unpaired) electrons. The minimum atomic E-state index is -3.40. The molecule has 0 spiro atoms. The Morgan fingerprint density at radius 3 is 2.60 bits per heavy atom. The average molecular weight is 296 g/mol. The lowest BCUT2D eigenvalue weighted by molar-refractivity contribution is 0.340. The number of ether oxygens (including phenoxy) is 1. The van der Waals surface area contributed by atoms with Crippen LogP contribution < -0.4 is 15.2 Å². The van der Waals surface area contributed by atoms with Gasteiger partial charge in [-0.3, -0.25) is 0 Å². The van der Waals surface area contributed by atoms with Crippen molar-refractivity contribution < 1.29 is 17.6 Å². The van der Waals surface area contributed by atoms with E-state index in [1.807, 2.05) is 0 Å². The SMILES string of the molecule is Nc1ccc(OCCS(=O)(=O)NCc2ccco2)cc1. The fourth-order valence-electron chi connectivity index (χ4n) is 1.50. The van der Waals surface area contributed by atoms with Gasteiger partial charge in [-0.05, 0) is 36.4 Å². The molecule has 1 aromatic heterocycles. The highest BCUT2D eigenvalue weighted by atomic mass is 32.2. The molecular weight excluding hydrogens is 280 g/mol. The Labute approximate surface area is 117 Å². The van der Waals surface area contributed by atoms with Gasteiger partial charge in [-0.1, -0.05) is 0 Å². The number of anilines is 1. The molecule has 0 bridgehead atoms. The van der Waals surface area contributed by atoms with E-state index in [4.69, 9.17) is 14.9 Å². The highest BCUT2D eigenvalue weighted by Gasteiger charge is 2.11. The van der Waals surface area contributed by atoms with Crippen molar-refractivity contribution >= 4 is 15.7 Å². The number of nitrogens with one attached hydrogen (secondary N) is 1. The summed E-state index contributed by atoms with van der Waals surface area (Å²) < 4.78 is 36.2. The van der Waals surface area contributed by atoms with Gasteiger partial charge >= 0.3 is 0 Å². The Morgan fingerprint density at radius 2 is 1.95 bits per heavy atom. The maximum absolute atomic E-state index is 11.7. The van der Waals surface area contributed by atoms with Crippen molar-refractivity contribution in [2.75, 3.05) is 18.1 Å². The van der Waals surface area contributed by atoms with Crippen molar-refractivity contribution in [2.45, 2.75) is 6.54 Å². The van der Waals surface area contributed by atoms with Crippen LogP contribution in [-0.2, 0) is 16.6 Å². The maximum atomic E-state index is 11.7. The maximum Gasteiger partial charge on any atom is 0.215 e. The second-order valence-corrected chi connectivity index (χ2v) is 6.06. The molecule has 7 heteroatoms. The van der Waals surface area contributed by atoms with E-state index in [1.54, 1.807) is 36.4 Å². The van der Waals surface area contributed by atoms with Crippen LogP contribution in [0.25, 0.3) is 0 Å². The average Bonchev–Trinajstić information content (AvgIpc) is 2.92. The van der Waals surface area contributed by atoms with E-state index in [0.29, 0.717) is 17.2 Å². The molecule has 6 nitrogen and oxygen atoms in total. The van der Waals surface area contributed by atoms with Gasteiger partial charge < -0.3 is 14.9 Å². The van der Waals surface area contributed by atoms with Crippen molar-refractivity contribution in [3.05, 3.63) is 48.4 Å². The van der Waals surface area contributed by atoms with Gasteiger partial charge in [0.25, 0.3) is 0 Å². The van der Waals surface area contributed by atoms with Crippen molar-refractivity contribution in [1.29, 1.82) is 0 Å². The highest BCUT2D eigenvalue weighted by molar-refractivity contribution is 7.89. The standard InChI is InChI=1S/C13H16N2O4S/c14-11-3-5-12(6-4-11)19-8-9-20(16,17)15-10-13-2-1-7-18-13/h1-7,15H,8-10,14H2. The molecule has 0 fully saturated rings. The molecule has 0 aliphatic rings. The molecule has 0 aliphatic carbocycles. The van der Waals surface area contributed by atoms with Crippen molar-refractivity contribution in [3.63, 3.8) is 0 Å². The molecule has 0 amide bonds. The molecule has 0 atom stereocenters. The van der Waals surface area contributed by atoms with Crippen LogP contribution in [0.4, 0.5) is 5.69 Å². The first-order valence-corrected chi connectivity index (χ1v) is 7.68. The lowest BCUT2D eigenvalue weighted by Gasteiger charge is -2.08. The molecule has 3 N–H and O–H groups in total. The molecule has 20 heavy (non-hydrogen) atoms. The monoisotopic (exact) mass is 296 g/mol. The summed E-state index contributed by atoms with van der Waals surface area (Å²) in [5, 5.41) is 0. The molecule has 2 aromatic rings. The number of rotatable bonds is 7. The lowest BCUT2D eigenvalue weighted by Crippen LogP contribution is -2.28. The number of benzene rings is 1. The summed E-state index contributed by atoms with van der Waals surface area (Å²) in [6, 6.07) is 10.2. The fourth-order valence-corrected chi connectivity index (χ4v) is 2.31. The molecule has 0 unspecified atom stereocenters. The van der Waals surface area contributed by atoms with E-state index in [9.17, 15) is 8.42 Å². The summed E-state index contributed by atoms with van der Waals surface area (Å²) in [6.07, 6.45) is 1.49. The summed E-state index contributed by atoms with van der Waals surface area (Å²) in [6.45, 7) is 0.203. The first-order valence-electron chi connectivity index (χ1n) is 6.03. The summed E-state index contributed by atoms with van der Waals surface area (Å²) in [5.74, 6) is 1.02. The number of nitrogen functional groups attached to an aromatic ring is 1. The molecule has 108 valence electrons. The summed E-state index contributed by atoms with van der Waals surface area (Å²) >= 11 is 0. The Bertz CT molecular complexity index is 621. The minimum Gasteiger partial charge on any atom is -0.492 e. The van der Waals surface area contributed by atoms with Crippen LogP contribution in [0.3, 0.4) is 0 Å². The van der Waals surface area contributed by atoms with Gasteiger partial charge in [-0.15, -0.1) is 0 Å². The van der Waals surface area contributed by atoms with E-state index in [1.165, 1.54) is 6.26 Å². The zero-order chi connectivity index (χ0) is 14.4. The number of sulfonamides is 1. The van der Waals surface area contributed by atoms with Crippen LogP contribution in [-0.4, -0.2) is 20.8 Å². The molecular formula is C13H16N2O4S. The van der Waals surface area contributed by atoms with Crippen molar-refractivity contribution in [3.8, 4) is 5.75 Å². The van der Waals surface area contributed by atoms with Gasteiger partial charge in [-0.25, -0.2) is 13.1 Å². The van der Waals surface area contributed by atoms with Gasteiger partial charge in [-0.2, -0.15) is 0 Å². The second kappa shape index (κ2) is 6.44. The quantitative estimate of drug-likeness (QED) is 0.752. The Hall–Kier alpha value is -1.99. The molecule has 1 heterocycles. The Morgan fingerprint density at radius 1 is 1.20 bits per heavy atom. The van der Waals surface area contributed by atoms with Gasteiger partial charge in [0.05, 0.1) is 18.6 Å². The number of hydrogen-bond acceptors (Lipinski definition) is 5. The van der Waals surface area contributed by atoms with E-state index in [-0.39, 0.29) is 18.9 Å². The normalized spacial score (nSPS) is 11.4. The topological polar surface area (TPSA) is 94.6 Å². The third-order valence-corrected chi connectivity index (χ3v) is 3.84. The lowest BCUT2D eigenvalue weighted by atomic mass is 10.3. The third kappa shape index (κ3) is 4.60. The highest BCUT2D eigenvalue weighted by Crippen LogP contribution is 2.12. The van der Waals surface area contributed by atoms with Crippen LogP contribution in [0, 0.1) is 0 Å². The first kappa shape index (κ1) is 14.4. The van der Waals surface area contributed by atoms with E-state index >= 15 is 0 Å². The van der Waals surface area contributed by atoms with Gasteiger partial charge in [0.15, 0.2) is 0 Å². The third-order valence-electron chi connectivity index (χ3n) is 2.55. The van der Waals surface area contributed by atoms with Crippen LogP contribution in [0.15, 0.2) is 47.1 Å². The molecule has 2 rings (SSSR count). The van der Waals surface area contributed by atoms with Crippen LogP contribution in [0.1, 0.15) is 5.76 Å². The Kier molecular flexibility index (Phi) is 4.65. The van der Waals surface area contributed by atoms with Gasteiger partial charge in [0.1, 0.15) is 18.1 Å². The van der Waals surface area contributed by atoms with Crippen molar-refractivity contribution in [1.82, 2.24) is 4.72 Å². The fraction of sp³-hybridized carbons (Fsp3) is 0.231. The molecule has 0 aliphatic heterocycles. The largest absolute Gasteiger partial charge is 0.492 e. The smallest absolute Gasteiger partial charge is 0.215 e. The van der Waals surface area contributed by atoms with E-state index in [0.717, 1.165) is 0 Å². The van der Waals surface area contributed by atoms with E-state index in [2.05, 4.69) is 4.72 Å². The van der Waals surface area contributed by atoms with Gasteiger partial charge in [0, 0.05) is 5.69 Å². The number of hydrogen-bond donors (Lipinski definition) is 2. The molecule has 0 saturated heterocycles. The van der Waals surface area contributed by atoms with E-state index < -0.39 is 10.0 Å². The Balaban J connectivity index is 1.76. The summed E-state index contributed by atoms with van der Waals surface area (Å²) in [5.41, 5.74) is 6.17. The summed E-state index contributed by atoms with van der Waals surface area (Å²) in [4.78, 5) is 0. The van der Waals surface area contributed by atoms with Crippen LogP contribution in [0.5, 0.6) is 5.75 Å². The van der Waals surface area contributed by atoms with Crippen LogP contribution >= 0.6 is 0 Å². The second-order valence-electron chi connectivity index (χ2n) is 4.14. The number of furan rings is 1. The summed E-state index contributed by atoms with van der Waals surface area (Å²) in [7, 11) is -3.40. The van der Waals surface area contributed by atoms with Gasteiger partial charge in [0.2, 0.25) is 10.0 Å². The molecule has 1 aromatic carbocycles. The van der Waals surface area contributed by atoms with Crippen molar-refractivity contribution in [2.24, 2.45) is 0 Å². The zero-order valence-electron chi connectivity index (χ0n) is 10.8.